The van der Waals surface area contributed by atoms with E-state index < -0.39 is 0 Å². The van der Waals surface area contributed by atoms with Crippen molar-refractivity contribution in [3.63, 3.8) is 0 Å². The third-order valence-corrected chi connectivity index (χ3v) is 5.70. The molecule has 2 fully saturated rings. The highest BCUT2D eigenvalue weighted by molar-refractivity contribution is 5.89. The Morgan fingerprint density at radius 3 is 1.89 bits per heavy atom. The average Bonchev–Trinajstić information content (AvgIpc) is 3.49. The summed E-state index contributed by atoms with van der Waals surface area (Å²) >= 11 is 0. The third-order valence-electron chi connectivity index (χ3n) is 5.70. The Balaban J connectivity index is 0.000000168. The molecule has 0 bridgehead atoms. The van der Waals surface area contributed by atoms with E-state index in [1.54, 1.807) is 0 Å². The molecule has 4 rings (SSSR count). The van der Waals surface area contributed by atoms with Crippen molar-refractivity contribution in [3.8, 4) is 0 Å². The lowest BCUT2D eigenvalue weighted by Crippen LogP contribution is -2.12. The molecule has 3 heteroatoms. The Kier molecular flexibility index (Phi) is 8.53. The van der Waals surface area contributed by atoms with Crippen LogP contribution in [0.2, 0.25) is 0 Å². The van der Waals surface area contributed by atoms with Gasteiger partial charge >= 0.3 is 0 Å². The number of rotatable bonds is 2. The molecule has 1 aromatic heterocycles. The Morgan fingerprint density at radius 2 is 1.44 bits per heavy atom. The quantitative estimate of drug-likeness (QED) is 0.594. The molecule has 2 aromatic rings. The molecule has 0 atom stereocenters. The summed E-state index contributed by atoms with van der Waals surface area (Å²) < 4.78 is 0. The van der Waals surface area contributed by atoms with Gasteiger partial charge in [-0.15, -0.1) is 0 Å². The maximum atomic E-state index is 4.42. The number of anilines is 1. The largest absolute Gasteiger partial charge is 0.362 e. The maximum Gasteiger partial charge on any atom is 0.139 e. The van der Waals surface area contributed by atoms with Crippen LogP contribution in [-0.4, -0.2) is 24.1 Å². The molecule has 27 heavy (non-hydrogen) atoms. The Hall–Kier alpha value is -1.64. The summed E-state index contributed by atoms with van der Waals surface area (Å²) in [5.41, 5.74) is 1.00. The number of hydrogen-bond donors (Lipinski definition) is 0. The van der Waals surface area contributed by atoms with Crippen LogP contribution in [0.25, 0.3) is 10.9 Å². The topological polar surface area (TPSA) is 29.0 Å². The summed E-state index contributed by atoms with van der Waals surface area (Å²) in [6.07, 6.45) is 10.3. The van der Waals surface area contributed by atoms with Crippen molar-refractivity contribution >= 4 is 16.7 Å². The minimum absolute atomic E-state index is 0.812. The van der Waals surface area contributed by atoms with Crippen LogP contribution < -0.4 is 4.90 Å². The van der Waals surface area contributed by atoms with E-state index in [1.165, 1.54) is 44.9 Å². The first kappa shape index (κ1) is 21.7. The predicted molar refractivity (Wildman–Crippen MR) is 118 cm³/mol. The number of hydrogen-bond acceptors (Lipinski definition) is 3. The van der Waals surface area contributed by atoms with Crippen LogP contribution in [0.3, 0.4) is 0 Å². The van der Waals surface area contributed by atoms with Gasteiger partial charge in [0, 0.05) is 19.5 Å². The number of para-hydroxylation sites is 1. The van der Waals surface area contributed by atoms with Gasteiger partial charge in [0.05, 0.1) is 5.52 Å². The molecule has 3 nitrogen and oxygen atoms in total. The highest BCUT2D eigenvalue weighted by atomic mass is 15.1. The van der Waals surface area contributed by atoms with Crippen LogP contribution >= 0.6 is 0 Å². The van der Waals surface area contributed by atoms with Crippen LogP contribution in [0.15, 0.2) is 24.3 Å². The first-order valence-corrected chi connectivity index (χ1v) is 10.8. The Labute approximate surface area is 166 Å². The lowest BCUT2D eigenvalue weighted by atomic mass is 9.84. The van der Waals surface area contributed by atoms with E-state index in [4.69, 9.17) is 0 Å². The lowest BCUT2D eigenvalue weighted by Gasteiger charge is -2.22. The molecule has 2 saturated carbocycles. The molecule has 0 spiro atoms. The van der Waals surface area contributed by atoms with Crippen molar-refractivity contribution in [3.05, 3.63) is 30.1 Å². The molecule has 0 amide bonds. The monoisotopic (exact) mass is 369 g/mol. The zero-order valence-electron chi connectivity index (χ0n) is 18.3. The minimum atomic E-state index is 0.812. The second kappa shape index (κ2) is 10.6. The van der Waals surface area contributed by atoms with E-state index in [2.05, 4.69) is 30.7 Å². The van der Waals surface area contributed by atoms with Gasteiger partial charge in [-0.25, -0.2) is 9.97 Å². The number of nitrogens with zero attached hydrogens (tertiary/aromatic N) is 3. The molecule has 150 valence electrons. The van der Waals surface area contributed by atoms with Crippen molar-refractivity contribution in [2.45, 2.75) is 72.6 Å². The zero-order valence-corrected chi connectivity index (χ0v) is 18.3. The standard InChI is InChI=1S/C11H13N3.C8H16.C5H10/c1-8-12-10-7-5-4-6-9(10)11(13-8)14(2)3;1-7-3-5-8(2)6-4-7;1-2-5-3-4-5/h4-7H,1-3H3;7-8H,3-6H2,1-2H3;5H,2-4H2,1H3. The summed E-state index contributed by atoms with van der Waals surface area (Å²) in [5.74, 6) is 4.97. The molecule has 2 aliphatic carbocycles. The number of aromatic nitrogens is 2. The first-order valence-electron chi connectivity index (χ1n) is 10.8. The summed E-state index contributed by atoms with van der Waals surface area (Å²) in [7, 11) is 3.99. The van der Waals surface area contributed by atoms with Gasteiger partial charge in [0.1, 0.15) is 11.6 Å². The molecule has 0 aliphatic heterocycles. The van der Waals surface area contributed by atoms with Crippen molar-refractivity contribution < 1.29 is 0 Å². The molecule has 1 heterocycles. The van der Waals surface area contributed by atoms with Crippen molar-refractivity contribution in [2.75, 3.05) is 19.0 Å². The van der Waals surface area contributed by atoms with Crippen molar-refractivity contribution in [2.24, 2.45) is 17.8 Å². The van der Waals surface area contributed by atoms with Gasteiger partial charge in [0.15, 0.2) is 0 Å². The van der Waals surface area contributed by atoms with Crippen LogP contribution in [-0.2, 0) is 0 Å². The van der Waals surface area contributed by atoms with Gasteiger partial charge in [-0.2, -0.15) is 0 Å². The molecular weight excluding hydrogens is 330 g/mol. The van der Waals surface area contributed by atoms with E-state index in [1.807, 2.05) is 50.2 Å². The second-order valence-electron chi connectivity index (χ2n) is 8.72. The maximum absolute atomic E-state index is 4.42. The molecule has 0 radical (unpaired) electrons. The summed E-state index contributed by atoms with van der Waals surface area (Å²) in [6.45, 7) is 8.91. The first-order chi connectivity index (χ1) is 12.9. The highest BCUT2D eigenvalue weighted by Gasteiger charge is 2.17. The summed E-state index contributed by atoms with van der Waals surface area (Å²) in [4.78, 5) is 10.8. The third kappa shape index (κ3) is 7.48. The van der Waals surface area contributed by atoms with Gasteiger partial charge in [-0.1, -0.05) is 77.8 Å². The van der Waals surface area contributed by atoms with Gasteiger partial charge in [0.2, 0.25) is 0 Å². The SMILES string of the molecule is CC1CCC(C)CC1.CCC1CC1.Cc1nc(N(C)C)c2ccccc2n1. The van der Waals surface area contributed by atoms with Crippen molar-refractivity contribution in [1.82, 2.24) is 9.97 Å². The van der Waals surface area contributed by atoms with Crippen LogP contribution in [0, 0.1) is 24.7 Å². The van der Waals surface area contributed by atoms with E-state index >= 15 is 0 Å². The summed E-state index contributed by atoms with van der Waals surface area (Å²) in [5, 5.41) is 1.10. The molecule has 0 N–H and O–H groups in total. The van der Waals surface area contributed by atoms with Crippen LogP contribution in [0.4, 0.5) is 5.82 Å². The molecular formula is C24H39N3. The van der Waals surface area contributed by atoms with Gasteiger partial charge in [-0.05, 0) is 36.8 Å². The zero-order chi connectivity index (χ0) is 19.8. The summed E-state index contributed by atoms with van der Waals surface area (Å²) in [6, 6.07) is 8.06. The van der Waals surface area contributed by atoms with E-state index in [0.717, 1.165) is 40.3 Å². The fourth-order valence-corrected chi connectivity index (χ4v) is 3.47. The second-order valence-corrected chi connectivity index (χ2v) is 8.72. The van der Waals surface area contributed by atoms with E-state index in [0.29, 0.717) is 0 Å². The highest BCUT2D eigenvalue weighted by Crippen LogP contribution is 2.31. The molecule has 1 aromatic carbocycles. The van der Waals surface area contributed by atoms with Gasteiger partial charge < -0.3 is 4.90 Å². The van der Waals surface area contributed by atoms with Crippen LogP contribution in [0.1, 0.15) is 71.5 Å². The van der Waals surface area contributed by atoms with Crippen molar-refractivity contribution in [1.29, 1.82) is 0 Å². The minimum Gasteiger partial charge on any atom is -0.362 e. The fraction of sp³-hybridized carbons (Fsp3) is 0.667. The Bertz CT molecular complexity index is 673. The van der Waals surface area contributed by atoms with Gasteiger partial charge in [0.25, 0.3) is 0 Å². The normalized spacial score (nSPS) is 21.6. The predicted octanol–water partition coefficient (Wildman–Crippen LogP) is 6.64. The average molecular weight is 370 g/mol. The smallest absolute Gasteiger partial charge is 0.139 e. The lowest BCUT2D eigenvalue weighted by molar-refractivity contribution is 0.308. The number of fused-ring (bicyclic) bond motifs is 1. The molecule has 2 aliphatic rings. The number of benzene rings is 1. The number of aryl methyl sites for hydroxylation is 1. The Morgan fingerprint density at radius 1 is 0.889 bits per heavy atom. The van der Waals surface area contributed by atoms with Gasteiger partial charge in [-0.3, -0.25) is 0 Å². The molecule has 0 saturated heterocycles. The van der Waals surface area contributed by atoms with Crippen LogP contribution in [0.5, 0.6) is 0 Å². The van der Waals surface area contributed by atoms with E-state index in [-0.39, 0.29) is 0 Å². The molecule has 0 unspecified atom stereocenters. The van der Waals surface area contributed by atoms with E-state index in [9.17, 15) is 0 Å². The fourth-order valence-electron chi connectivity index (χ4n) is 3.47.